The average Bonchev–Trinajstić information content (AvgIpc) is 2.61. The number of allylic oxidation sites excluding steroid dienone is 1. The lowest BCUT2D eigenvalue weighted by atomic mass is 9.94. The lowest BCUT2D eigenvalue weighted by Gasteiger charge is -2.09. The summed E-state index contributed by atoms with van der Waals surface area (Å²) in [5.74, 6) is -0.187. The van der Waals surface area contributed by atoms with Crippen molar-refractivity contribution >= 4 is 11.5 Å². The molecule has 4 nitrogen and oxygen atoms in total. The van der Waals surface area contributed by atoms with Crippen LogP contribution in [-0.2, 0) is 4.79 Å². The van der Waals surface area contributed by atoms with Crippen LogP contribution in [0.4, 0.5) is 0 Å². The molecule has 0 aliphatic rings. The van der Waals surface area contributed by atoms with E-state index in [-0.39, 0.29) is 5.57 Å². The molecule has 0 unspecified atom stereocenters. The maximum Gasteiger partial charge on any atom is 0.335 e. The quantitative estimate of drug-likeness (QED) is 0.374. The number of benzene rings is 2. The van der Waals surface area contributed by atoms with Gasteiger partial charge in [-0.3, -0.25) is 0 Å². The minimum absolute atomic E-state index is 0.0204. The van der Waals surface area contributed by atoms with Crippen LogP contribution in [0, 0.1) is 22.7 Å². The van der Waals surface area contributed by atoms with E-state index in [4.69, 9.17) is 4.74 Å². The number of nitriles is 2. The van der Waals surface area contributed by atoms with E-state index in [0.29, 0.717) is 16.9 Å². The molecule has 0 atom stereocenters. The number of carbonyl (C=O) groups is 1. The zero-order valence-corrected chi connectivity index (χ0v) is 12.2. The fourth-order valence-corrected chi connectivity index (χ4v) is 2.04. The van der Waals surface area contributed by atoms with E-state index in [0.717, 1.165) is 11.6 Å². The molecule has 2 aromatic carbocycles. The van der Waals surface area contributed by atoms with Gasteiger partial charge in [-0.25, -0.2) is 4.79 Å². The number of hydrogen-bond donors (Lipinski definition) is 0. The minimum Gasteiger partial charge on any atom is -0.423 e. The molecule has 0 heterocycles. The standard InChI is InChI=1S/C19H12N2O2/c1-2-18(22)23-17-10-8-15(9-11-17)19(16(12-20)13-21)14-6-4-3-5-7-14/h2-11H,1H2. The molecule has 0 bridgehead atoms. The molecule has 0 aliphatic carbocycles. The first-order valence-corrected chi connectivity index (χ1v) is 6.74. The van der Waals surface area contributed by atoms with Gasteiger partial charge in [0.25, 0.3) is 0 Å². The van der Waals surface area contributed by atoms with E-state index < -0.39 is 5.97 Å². The Hall–Kier alpha value is -3.63. The molecule has 0 saturated carbocycles. The smallest absolute Gasteiger partial charge is 0.335 e. The van der Waals surface area contributed by atoms with Crippen LogP contribution in [0.2, 0.25) is 0 Å². The van der Waals surface area contributed by atoms with Crippen LogP contribution in [0.25, 0.3) is 5.57 Å². The van der Waals surface area contributed by atoms with Gasteiger partial charge >= 0.3 is 5.97 Å². The van der Waals surface area contributed by atoms with Crippen molar-refractivity contribution < 1.29 is 9.53 Å². The molecule has 0 saturated heterocycles. The Balaban J connectivity index is 2.49. The third kappa shape index (κ3) is 3.72. The fraction of sp³-hybridized carbons (Fsp3) is 0. The average molecular weight is 300 g/mol. The molecule has 0 radical (unpaired) electrons. The number of hydrogen-bond acceptors (Lipinski definition) is 4. The van der Waals surface area contributed by atoms with Crippen LogP contribution in [0.15, 0.2) is 72.8 Å². The van der Waals surface area contributed by atoms with Crippen LogP contribution in [-0.4, -0.2) is 5.97 Å². The summed E-state index contributed by atoms with van der Waals surface area (Å²) in [5.41, 5.74) is 2.01. The zero-order valence-electron chi connectivity index (χ0n) is 12.2. The summed E-state index contributed by atoms with van der Waals surface area (Å²) in [6, 6.07) is 19.6. The summed E-state index contributed by atoms with van der Waals surface area (Å²) in [6.07, 6.45) is 1.08. The van der Waals surface area contributed by atoms with Gasteiger partial charge in [0.05, 0.1) is 0 Å². The van der Waals surface area contributed by atoms with Crippen molar-refractivity contribution in [2.24, 2.45) is 0 Å². The Morgan fingerprint density at radius 3 is 2.04 bits per heavy atom. The van der Waals surface area contributed by atoms with Crippen LogP contribution in [0.3, 0.4) is 0 Å². The van der Waals surface area contributed by atoms with Crippen molar-refractivity contribution in [2.75, 3.05) is 0 Å². The topological polar surface area (TPSA) is 73.9 Å². The Kier molecular flexibility index (Phi) is 5.07. The van der Waals surface area contributed by atoms with Crippen LogP contribution in [0.5, 0.6) is 5.75 Å². The number of carbonyl (C=O) groups excluding carboxylic acids is 1. The van der Waals surface area contributed by atoms with E-state index in [9.17, 15) is 15.3 Å². The van der Waals surface area contributed by atoms with Crippen LogP contribution in [0.1, 0.15) is 11.1 Å². The summed E-state index contributed by atoms with van der Waals surface area (Å²) < 4.78 is 5.01. The molecule has 0 fully saturated rings. The van der Waals surface area contributed by atoms with Gasteiger partial charge in [0.2, 0.25) is 0 Å². The highest BCUT2D eigenvalue weighted by Gasteiger charge is 2.12. The number of ether oxygens (including phenoxy) is 1. The van der Waals surface area contributed by atoms with E-state index in [2.05, 4.69) is 6.58 Å². The summed E-state index contributed by atoms with van der Waals surface area (Å²) in [5, 5.41) is 18.4. The highest BCUT2D eigenvalue weighted by atomic mass is 16.5. The molecular weight excluding hydrogens is 288 g/mol. The minimum atomic E-state index is -0.550. The lowest BCUT2D eigenvalue weighted by molar-refractivity contribution is -0.128. The van der Waals surface area contributed by atoms with Gasteiger partial charge < -0.3 is 4.74 Å². The highest BCUT2D eigenvalue weighted by molar-refractivity contribution is 5.87. The first-order valence-electron chi connectivity index (χ1n) is 6.74. The van der Waals surface area contributed by atoms with E-state index in [1.807, 2.05) is 42.5 Å². The fourth-order valence-electron chi connectivity index (χ4n) is 2.04. The van der Waals surface area contributed by atoms with Gasteiger partial charge in [-0.2, -0.15) is 10.5 Å². The molecule has 2 rings (SSSR count). The highest BCUT2D eigenvalue weighted by Crippen LogP contribution is 2.28. The molecule has 0 aliphatic heterocycles. The third-order valence-corrected chi connectivity index (χ3v) is 3.06. The molecule has 110 valence electrons. The summed E-state index contributed by atoms with van der Waals surface area (Å²) in [6.45, 7) is 3.33. The van der Waals surface area contributed by atoms with Crippen LogP contribution < -0.4 is 4.74 Å². The maximum absolute atomic E-state index is 11.2. The monoisotopic (exact) mass is 300 g/mol. The van der Waals surface area contributed by atoms with Crippen molar-refractivity contribution in [3.8, 4) is 17.9 Å². The second kappa shape index (κ2) is 7.40. The Morgan fingerprint density at radius 1 is 0.957 bits per heavy atom. The van der Waals surface area contributed by atoms with E-state index in [1.165, 1.54) is 0 Å². The summed E-state index contributed by atoms with van der Waals surface area (Å²) in [7, 11) is 0. The Labute approximate surface area is 134 Å². The van der Waals surface area contributed by atoms with Gasteiger partial charge in [-0.15, -0.1) is 0 Å². The van der Waals surface area contributed by atoms with Crippen molar-refractivity contribution in [2.45, 2.75) is 0 Å². The van der Waals surface area contributed by atoms with Crippen molar-refractivity contribution in [3.05, 3.63) is 84.0 Å². The Bertz CT molecular complexity index is 820. The third-order valence-electron chi connectivity index (χ3n) is 3.06. The summed E-state index contributed by atoms with van der Waals surface area (Å²) in [4.78, 5) is 11.2. The van der Waals surface area contributed by atoms with Gasteiger partial charge in [-0.1, -0.05) is 49.0 Å². The van der Waals surface area contributed by atoms with Crippen molar-refractivity contribution in [3.63, 3.8) is 0 Å². The first kappa shape index (κ1) is 15.8. The molecule has 0 amide bonds. The van der Waals surface area contributed by atoms with Crippen molar-refractivity contribution in [1.29, 1.82) is 10.5 Å². The number of esters is 1. The van der Waals surface area contributed by atoms with Crippen LogP contribution >= 0.6 is 0 Å². The Morgan fingerprint density at radius 2 is 1.52 bits per heavy atom. The van der Waals surface area contributed by atoms with Gasteiger partial charge in [0.15, 0.2) is 0 Å². The molecule has 23 heavy (non-hydrogen) atoms. The summed E-state index contributed by atoms with van der Waals surface area (Å²) >= 11 is 0. The number of nitrogens with zero attached hydrogens (tertiary/aromatic N) is 2. The SMILES string of the molecule is C=CC(=O)Oc1ccc(C(=C(C#N)C#N)c2ccccc2)cc1. The first-order chi connectivity index (χ1) is 11.2. The van der Waals surface area contributed by atoms with Gasteiger partial charge in [-0.05, 0) is 23.3 Å². The van der Waals surface area contributed by atoms with E-state index >= 15 is 0 Å². The predicted octanol–water partition coefficient (Wildman–Crippen LogP) is 3.63. The largest absolute Gasteiger partial charge is 0.423 e. The predicted molar refractivity (Wildman–Crippen MR) is 86.0 cm³/mol. The molecule has 0 aromatic heterocycles. The second-order valence-corrected chi connectivity index (χ2v) is 4.49. The molecule has 2 aromatic rings. The molecule has 0 spiro atoms. The normalized spacial score (nSPS) is 9.13. The maximum atomic E-state index is 11.2. The second-order valence-electron chi connectivity index (χ2n) is 4.49. The van der Waals surface area contributed by atoms with Gasteiger partial charge in [0, 0.05) is 11.6 Å². The van der Waals surface area contributed by atoms with Gasteiger partial charge in [0.1, 0.15) is 23.5 Å². The van der Waals surface area contributed by atoms with E-state index in [1.54, 1.807) is 24.3 Å². The lowest BCUT2D eigenvalue weighted by Crippen LogP contribution is -2.03. The van der Waals surface area contributed by atoms with Crippen molar-refractivity contribution in [1.82, 2.24) is 0 Å². The zero-order chi connectivity index (χ0) is 16.7. The number of rotatable bonds is 4. The molecule has 4 heteroatoms. The molecule has 0 N–H and O–H groups in total. The molecular formula is C19H12N2O2.